The van der Waals surface area contributed by atoms with E-state index in [0.29, 0.717) is 25.7 Å². The van der Waals surface area contributed by atoms with E-state index in [0.717, 1.165) is 25.8 Å². The molecule has 0 aromatic rings. The third kappa shape index (κ3) is 7.47. The molecule has 1 heterocycles. The summed E-state index contributed by atoms with van der Waals surface area (Å²) in [5, 5.41) is 3.22. The summed E-state index contributed by atoms with van der Waals surface area (Å²) in [6.07, 6.45) is 2.44. The molecule has 0 radical (unpaired) electrons. The molecule has 1 amide bonds. The van der Waals surface area contributed by atoms with Crippen molar-refractivity contribution in [3.05, 3.63) is 0 Å². The van der Waals surface area contributed by atoms with Crippen LogP contribution < -0.4 is 11.1 Å². The van der Waals surface area contributed by atoms with Crippen LogP contribution in [0.3, 0.4) is 0 Å². The minimum absolute atomic E-state index is 0. The first-order valence-electron chi connectivity index (χ1n) is 7.63. The molecule has 3 N–H and O–H groups in total. The van der Waals surface area contributed by atoms with Gasteiger partial charge in [-0.15, -0.1) is 24.8 Å². The van der Waals surface area contributed by atoms with Crippen molar-refractivity contribution in [1.29, 1.82) is 0 Å². The highest BCUT2D eigenvalue weighted by Crippen LogP contribution is 2.29. The van der Waals surface area contributed by atoms with E-state index in [4.69, 9.17) is 10.5 Å². The van der Waals surface area contributed by atoms with E-state index in [-0.39, 0.29) is 36.8 Å². The lowest BCUT2D eigenvalue weighted by atomic mass is 9.79. The van der Waals surface area contributed by atoms with E-state index in [2.05, 4.69) is 24.1 Å². The van der Waals surface area contributed by atoms with Crippen LogP contribution in [-0.4, -0.2) is 57.2 Å². The first kappa shape index (κ1) is 24.2. The summed E-state index contributed by atoms with van der Waals surface area (Å²) in [6.45, 7) is 6.89. The Morgan fingerprint density at radius 3 is 2.23 bits per heavy atom. The molecule has 22 heavy (non-hydrogen) atoms. The van der Waals surface area contributed by atoms with Crippen molar-refractivity contribution >= 4 is 30.7 Å². The molecule has 134 valence electrons. The molecule has 0 aromatic carbocycles. The van der Waals surface area contributed by atoms with Gasteiger partial charge in [0.25, 0.3) is 0 Å². The van der Waals surface area contributed by atoms with Gasteiger partial charge in [0.05, 0.1) is 5.41 Å². The van der Waals surface area contributed by atoms with Gasteiger partial charge >= 0.3 is 0 Å². The van der Waals surface area contributed by atoms with Crippen LogP contribution in [0.4, 0.5) is 0 Å². The number of nitrogens with one attached hydrogen (secondary N) is 1. The van der Waals surface area contributed by atoms with Gasteiger partial charge in [0.1, 0.15) is 0 Å². The Balaban J connectivity index is 0. The zero-order valence-corrected chi connectivity index (χ0v) is 15.9. The van der Waals surface area contributed by atoms with Crippen molar-refractivity contribution < 1.29 is 9.53 Å². The molecule has 1 aliphatic heterocycles. The molecule has 1 aliphatic rings. The molecule has 5 nitrogen and oxygen atoms in total. The molecule has 1 saturated heterocycles. The van der Waals surface area contributed by atoms with Gasteiger partial charge < -0.3 is 20.7 Å². The highest BCUT2D eigenvalue weighted by atomic mass is 35.5. The van der Waals surface area contributed by atoms with Crippen molar-refractivity contribution in [2.75, 3.05) is 40.4 Å². The molecule has 7 heteroatoms. The summed E-state index contributed by atoms with van der Waals surface area (Å²) in [6, 6.07) is 0.184. The Bertz CT molecular complexity index is 299. The molecule has 0 bridgehead atoms. The molecule has 0 saturated carbocycles. The monoisotopic (exact) mass is 357 g/mol. The summed E-state index contributed by atoms with van der Waals surface area (Å²) in [4.78, 5) is 14.8. The number of halogens is 2. The molecule has 1 unspecified atom stereocenters. The maximum absolute atomic E-state index is 12.7. The SMILES string of the molecule is CC(C)CC(CN(C)C)NC(=O)C1(CN)CCOCC1.Cl.Cl. The number of rotatable bonds is 7. The summed E-state index contributed by atoms with van der Waals surface area (Å²) in [7, 11) is 4.07. The van der Waals surface area contributed by atoms with Crippen LogP contribution >= 0.6 is 24.8 Å². The number of amides is 1. The van der Waals surface area contributed by atoms with Crippen LogP contribution in [0, 0.1) is 11.3 Å². The van der Waals surface area contributed by atoms with E-state index in [9.17, 15) is 4.79 Å². The van der Waals surface area contributed by atoms with Gasteiger partial charge in [-0.25, -0.2) is 0 Å². The fourth-order valence-corrected chi connectivity index (χ4v) is 2.81. The average molecular weight is 358 g/mol. The quantitative estimate of drug-likeness (QED) is 0.727. The van der Waals surface area contributed by atoms with Gasteiger partial charge in [0.2, 0.25) is 5.91 Å². The van der Waals surface area contributed by atoms with E-state index in [1.807, 2.05) is 14.1 Å². The Kier molecular flexibility index (Phi) is 12.6. The van der Waals surface area contributed by atoms with Gasteiger partial charge in [-0.1, -0.05) is 13.8 Å². The molecule has 0 spiro atoms. The average Bonchev–Trinajstić information content (AvgIpc) is 2.37. The smallest absolute Gasteiger partial charge is 0.227 e. The summed E-state index contributed by atoms with van der Waals surface area (Å²) < 4.78 is 5.37. The van der Waals surface area contributed by atoms with Crippen LogP contribution in [0.5, 0.6) is 0 Å². The van der Waals surface area contributed by atoms with Crippen molar-refractivity contribution in [3.8, 4) is 0 Å². The Hall–Kier alpha value is -0.0700. The lowest BCUT2D eigenvalue weighted by Gasteiger charge is -2.36. The normalized spacial score (nSPS) is 18.3. The minimum atomic E-state index is -0.431. The molecular formula is C15H33Cl2N3O2. The van der Waals surface area contributed by atoms with Crippen LogP contribution in [0.1, 0.15) is 33.1 Å². The number of carbonyl (C=O) groups excluding carboxylic acids is 1. The second kappa shape index (κ2) is 11.5. The molecule has 0 aromatic heterocycles. The van der Waals surface area contributed by atoms with Crippen LogP contribution in [0.15, 0.2) is 0 Å². The third-order valence-corrected chi connectivity index (χ3v) is 4.00. The predicted molar refractivity (Wildman–Crippen MR) is 96.0 cm³/mol. The van der Waals surface area contributed by atoms with Gasteiger partial charge in [0.15, 0.2) is 0 Å². The largest absolute Gasteiger partial charge is 0.381 e. The number of hydrogen-bond donors (Lipinski definition) is 2. The fraction of sp³-hybridized carbons (Fsp3) is 0.933. The van der Waals surface area contributed by atoms with Crippen LogP contribution in [0.25, 0.3) is 0 Å². The lowest BCUT2D eigenvalue weighted by molar-refractivity contribution is -0.136. The van der Waals surface area contributed by atoms with E-state index >= 15 is 0 Å². The number of likely N-dealkylation sites (N-methyl/N-ethyl adjacent to an activating group) is 1. The second-order valence-electron chi connectivity index (χ2n) is 6.66. The highest BCUT2D eigenvalue weighted by Gasteiger charge is 2.39. The number of nitrogens with two attached hydrogens (primary N) is 1. The topological polar surface area (TPSA) is 67.6 Å². The lowest BCUT2D eigenvalue weighted by Crippen LogP contribution is -2.53. The predicted octanol–water partition coefficient (Wildman–Crippen LogP) is 1.68. The number of hydrogen-bond acceptors (Lipinski definition) is 4. The Morgan fingerprint density at radius 2 is 1.82 bits per heavy atom. The van der Waals surface area contributed by atoms with Gasteiger partial charge in [0, 0.05) is 32.3 Å². The highest BCUT2D eigenvalue weighted by molar-refractivity contribution is 5.85. The third-order valence-electron chi connectivity index (χ3n) is 4.00. The number of carbonyl (C=O) groups is 1. The van der Waals surface area contributed by atoms with Crippen molar-refractivity contribution in [2.24, 2.45) is 17.1 Å². The molecule has 1 fully saturated rings. The van der Waals surface area contributed by atoms with Crippen molar-refractivity contribution in [3.63, 3.8) is 0 Å². The molecule has 1 rings (SSSR count). The van der Waals surface area contributed by atoms with Crippen LogP contribution in [0.2, 0.25) is 0 Å². The van der Waals surface area contributed by atoms with Gasteiger partial charge in [-0.2, -0.15) is 0 Å². The Labute approximate surface area is 147 Å². The maximum Gasteiger partial charge on any atom is 0.227 e. The number of nitrogens with zero attached hydrogens (tertiary/aromatic N) is 1. The summed E-state index contributed by atoms with van der Waals surface area (Å²) in [5.41, 5.74) is 5.46. The Morgan fingerprint density at radius 1 is 1.27 bits per heavy atom. The van der Waals surface area contributed by atoms with E-state index < -0.39 is 5.41 Å². The second-order valence-corrected chi connectivity index (χ2v) is 6.66. The van der Waals surface area contributed by atoms with Crippen LogP contribution in [-0.2, 0) is 9.53 Å². The molecular weight excluding hydrogens is 325 g/mol. The fourth-order valence-electron chi connectivity index (χ4n) is 2.81. The minimum Gasteiger partial charge on any atom is -0.381 e. The standard InChI is InChI=1S/C15H31N3O2.2ClH/c1-12(2)9-13(10-18(3)4)17-14(19)15(11-16)5-7-20-8-6-15;;/h12-13H,5-11,16H2,1-4H3,(H,17,19);2*1H. The summed E-state index contributed by atoms with van der Waals surface area (Å²) >= 11 is 0. The first-order valence-corrected chi connectivity index (χ1v) is 7.63. The number of ether oxygens (including phenoxy) is 1. The zero-order valence-electron chi connectivity index (χ0n) is 14.3. The maximum atomic E-state index is 12.7. The van der Waals surface area contributed by atoms with Gasteiger partial charge in [-0.3, -0.25) is 4.79 Å². The van der Waals surface area contributed by atoms with Crippen molar-refractivity contribution in [2.45, 2.75) is 39.2 Å². The van der Waals surface area contributed by atoms with E-state index in [1.54, 1.807) is 0 Å². The van der Waals surface area contributed by atoms with Gasteiger partial charge in [-0.05, 0) is 39.3 Å². The first-order chi connectivity index (χ1) is 9.39. The zero-order chi connectivity index (χ0) is 15.2. The molecule has 1 atom stereocenters. The van der Waals surface area contributed by atoms with Crippen molar-refractivity contribution in [1.82, 2.24) is 10.2 Å². The molecule has 0 aliphatic carbocycles. The summed E-state index contributed by atoms with van der Waals surface area (Å²) in [5.74, 6) is 0.666. The van der Waals surface area contributed by atoms with E-state index in [1.165, 1.54) is 0 Å².